The molecular weight excluding hydrogens is 300 g/mol. The second-order valence-electron chi connectivity index (χ2n) is 5.32. The first-order chi connectivity index (χ1) is 10.3. The second-order valence-corrected chi connectivity index (χ2v) is 6.40. The number of aliphatic carboxylic acids is 1. The van der Waals surface area contributed by atoms with Crippen LogP contribution in [-0.4, -0.2) is 22.0 Å². The van der Waals surface area contributed by atoms with Crippen molar-refractivity contribution >= 4 is 28.3 Å². The minimum Gasteiger partial charge on any atom is -0.481 e. The molecule has 0 aliphatic rings. The minimum atomic E-state index is -0.915. The van der Waals surface area contributed by atoms with Crippen LogP contribution < -0.4 is 5.32 Å². The molecule has 0 radical (unpaired) electrons. The van der Waals surface area contributed by atoms with Crippen molar-refractivity contribution in [2.24, 2.45) is 0 Å². The quantitative estimate of drug-likeness (QED) is 0.906. The molecule has 2 aromatic rings. The summed E-state index contributed by atoms with van der Waals surface area (Å²) in [5.74, 6) is -1.14. The number of rotatable bonds is 4. The van der Waals surface area contributed by atoms with Gasteiger partial charge in [0.05, 0.1) is 12.1 Å². The largest absolute Gasteiger partial charge is 0.481 e. The molecule has 0 saturated heterocycles. The Labute approximate surface area is 133 Å². The molecule has 1 amide bonds. The number of nitrogens with one attached hydrogen (secondary N) is 1. The molecule has 22 heavy (non-hydrogen) atoms. The Morgan fingerprint density at radius 2 is 1.82 bits per heavy atom. The first kappa shape index (κ1) is 16.2. The highest BCUT2D eigenvalue weighted by molar-refractivity contribution is 7.16. The van der Waals surface area contributed by atoms with Gasteiger partial charge in [-0.25, -0.2) is 4.98 Å². The van der Waals surface area contributed by atoms with E-state index in [-0.39, 0.29) is 12.3 Å². The van der Waals surface area contributed by atoms with Gasteiger partial charge in [-0.15, -0.1) is 11.3 Å². The predicted octanol–water partition coefficient (Wildman–Crippen LogP) is 3.32. The monoisotopic (exact) mass is 318 g/mol. The van der Waals surface area contributed by atoms with Gasteiger partial charge in [0.25, 0.3) is 0 Å². The van der Waals surface area contributed by atoms with Crippen LogP contribution in [0.15, 0.2) is 12.1 Å². The Balaban J connectivity index is 2.60. The average Bonchev–Trinajstić information content (AvgIpc) is 2.68. The first-order valence-corrected chi connectivity index (χ1v) is 7.67. The minimum absolute atomic E-state index is 0.112. The van der Waals surface area contributed by atoms with Crippen molar-refractivity contribution < 1.29 is 14.7 Å². The van der Waals surface area contributed by atoms with Gasteiger partial charge in [0, 0.05) is 17.4 Å². The zero-order valence-electron chi connectivity index (χ0n) is 13.0. The third-order valence-corrected chi connectivity index (χ3v) is 4.18. The van der Waals surface area contributed by atoms with Crippen LogP contribution in [0.25, 0.3) is 11.3 Å². The molecule has 1 aromatic heterocycles. The highest BCUT2D eigenvalue weighted by atomic mass is 32.1. The Hall–Kier alpha value is -2.21. The van der Waals surface area contributed by atoms with Gasteiger partial charge in [-0.2, -0.15) is 0 Å². The maximum Gasteiger partial charge on any atom is 0.308 e. The van der Waals surface area contributed by atoms with Crippen LogP contribution in [0.5, 0.6) is 0 Å². The summed E-state index contributed by atoms with van der Waals surface area (Å²) in [7, 11) is 0. The molecule has 5 nitrogen and oxygen atoms in total. The van der Waals surface area contributed by atoms with Crippen LogP contribution in [0.2, 0.25) is 0 Å². The van der Waals surface area contributed by atoms with E-state index in [1.54, 1.807) is 0 Å². The van der Waals surface area contributed by atoms with E-state index in [2.05, 4.69) is 10.3 Å². The van der Waals surface area contributed by atoms with Crippen molar-refractivity contribution in [3.63, 3.8) is 0 Å². The van der Waals surface area contributed by atoms with E-state index in [9.17, 15) is 9.59 Å². The van der Waals surface area contributed by atoms with E-state index >= 15 is 0 Å². The molecule has 0 aliphatic heterocycles. The summed E-state index contributed by atoms with van der Waals surface area (Å²) in [6.45, 7) is 7.39. The van der Waals surface area contributed by atoms with E-state index in [4.69, 9.17) is 5.11 Å². The third kappa shape index (κ3) is 3.51. The third-order valence-electron chi connectivity index (χ3n) is 3.21. The van der Waals surface area contributed by atoms with Crippen LogP contribution in [0.4, 0.5) is 5.13 Å². The molecule has 0 atom stereocenters. The van der Waals surface area contributed by atoms with Crippen LogP contribution in [0.1, 0.15) is 28.5 Å². The maximum atomic E-state index is 11.2. The van der Waals surface area contributed by atoms with Gasteiger partial charge in [-0.3, -0.25) is 9.59 Å². The van der Waals surface area contributed by atoms with Gasteiger partial charge >= 0.3 is 5.97 Å². The van der Waals surface area contributed by atoms with Crippen molar-refractivity contribution in [3.8, 4) is 11.3 Å². The zero-order chi connectivity index (χ0) is 16.4. The zero-order valence-corrected chi connectivity index (χ0v) is 13.8. The highest BCUT2D eigenvalue weighted by Crippen LogP contribution is 2.35. The number of carbonyl (C=O) groups is 2. The Morgan fingerprint density at radius 1 is 1.23 bits per heavy atom. The molecule has 1 heterocycles. The Bertz CT molecular complexity index is 727. The number of aryl methyl sites for hydroxylation is 3. The lowest BCUT2D eigenvalue weighted by atomic mass is 9.96. The van der Waals surface area contributed by atoms with Crippen LogP contribution in [-0.2, 0) is 16.0 Å². The van der Waals surface area contributed by atoms with Gasteiger partial charge in [0.2, 0.25) is 5.91 Å². The molecule has 2 rings (SSSR count). The van der Waals surface area contributed by atoms with E-state index in [0.717, 1.165) is 22.3 Å². The smallest absolute Gasteiger partial charge is 0.308 e. The summed E-state index contributed by atoms with van der Waals surface area (Å²) in [4.78, 5) is 27.4. The maximum absolute atomic E-state index is 11.2. The number of hydrogen-bond acceptors (Lipinski definition) is 4. The second kappa shape index (κ2) is 6.27. The summed E-state index contributed by atoms with van der Waals surface area (Å²) in [6, 6.07) is 4.09. The van der Waals surface area contributed by atoms with Crippen LogP contribution >= 0.6 is 11.3 Å². The summed E-state index contributed by atoms with van der Waals surface area (Å²) in [5.41, 5.74) is 4.82. The molecule has 0 saturated carbocycles. The lowest BCUT2D eigenvalue weighted by molar-refractivity contribution is -0.136. The van der Waals surface area contributed by atoms with Crippen molar-refractivity contribution in [1.82, 2.24) is 4.98 Å². The number of carbonyl (C=O) groups excluding carboxylic acids is 1. The van der Waals surface area contributed by atoms with Crippen molar-refractivity contribution in [2.75, 3.05) is 5.32 Å². The van der Waals surface area contributed by atoms with Crippen molar-refractivity contribution in [3.05, 3.63) is 33.7 Å². The number of benzene rings is 1. The number of aromatic nitrogens is 1. The number of thiazole rings is 1. The molecular formula is C16H18N2O3S. The summed E-state index contributed by atoms with van der Waals surface area (Å²) in [6.07, 6.45) is -0.112. The summed E-state index contributed by atoms with van der Waals surface area (Å²) >= 11 is 1.21. The lowest BCUT2D eigenvalue weighted by Crippen LogP contribution is -2.05. The molecule has 116 valence electrons. The molecule has 1 aromatic carbocycles. The number of nitrogens with zero attached hydrogens (tertiary/aromatic N) is 1. The van der Waals surface area contributed by atoms with E-state index < -0.39 is 5.97 Å². The molecule has 0 bridgehead atoms. The number of hydrogen-bond donors (Lipinski definition) is 2. The van der Waals surface area contributed by atoms with Gasteiger partial charge < -0.3 is 10.4 Å². The van der Waals surface area contributed by atoms with Crippen molar-refractivity contribution in [1.29, 1.82) is 0 Å². The van der Waals surface area contributed by atoms with Gasteiger partial charge in [0.15, 0.2) is 5.13 Å². The summed E-state index contributed by atoms with van der Waals surface area (Å²) < 4.78 is 0. The SMILES string of the molecule is CC(=O)Nc1nc(-c2c(C)cc(C)cc2C)c(CC(=O)O)s1. The first-order valence-electron chi connectivity index (χ1n) is 6.85. The molecule has 0 fully saturated rings. The number of amides is 1. The fraction of sp³-hybridized carbons (Fsp3) is 0.312. The Morgan fingerprint density at radius 3 is 2.32 bits per heavy atom. The van der Waals surface area contributed by atoms with E-state index in [1.165, 1.54) is 18.3 Å². The molecule has 0 aliphatic carbocycles. The van der Waals surface area contributed by atoms with E-state index in [1.807, 2.05) is 32.9 Å². The summed E-state index contributed by atoms with van der Waals surface area (Å²) in [5, 5.41) is 12.2. The van der Waals surface area contributed by atoms with Crippen LogP contribution in [0.3, 0.4) is 0 Å². The average molecular weight is 318 g/mol. The number of carboxylic acid groups (broad SMARTS) is 1. The van der Waals surface area contributed by atoms with Crippen molar-refractivity contribution in [2.45, 2.75) is 34.1 Å². The topological polar surface area (TPSA) is 79.3 Å². The Kier molecular flexibility index (Phi) is 4.61. The van der Waals surface area contributed by atoms with Gasteiger partial charge in [-0.1, -0.05) is 17.7 Å². The number of carboxylic acids is 1. The molecule has 6 heteroatoms. The fourth-order valence-electron chi connectivity index (χ4n) is 2.56. The normalized spacial score (nSPS) is 10.5. The number of anilines is 1. The van der Waals surface area contributed by atoms with Gasteiger partial charge in [0.1, 0.15) is 0 Å². The predicted molar refractivity (Wildman–Crippen MR) is 87.4 cm³/mol. The standard InChI is InChI=1S/C16H18N2O3S/c1-8-5-9(2)14(10(3)6-8)15-12(7-13(20)21)22-16(18-15)17-11(4)19/h5-6H,7H2,1-4H3,(H,20,21)(H,17,18,19). The van der Waals surface area contributed by atoms with Crippen LogP contribution in [0, 0.1) is 20.8 Å². The highest BCUT2D eigenvalue weighted by Gasteiger charge is 2.19. The molecule has 0 unspecified atom stereocenters. The fourth-order valence-corrected chi connectivity index (χ4v) is 3.57. The lowest BCUT2D eigenvalue weighted by Gasteiger charge is -2.10. The van der Waals surface area contributed by atoms with Gasteiger partial charge in [-0.05, 0) is 31.9 Å². The van der Waals surface area contributed by atoms with E-state index in [0.29, 0.717) is 15.7 Å². The molecule has 2 N–H and O–H groups in total. The molecule has 0 spiro atoms.